The van der Waals surface area contributed by atoms with Crippen molar-refractivity contribution in [3.63, 3.8) is 0 Å². The van der Waals surface area contributed by atoms with E-state index in [2.05, 4.69) is 5.16 Å². The first-order valence-corrected chi connectivity index (χ1v) is 6.61. The number of nitrogens with one attached hydrogen (secondary N) is 1. The summed E-state index contributed by atoms with van der Waals surface area (Å²) in [4.78, 5) is 11.2. The number of hydrogen-bond acceptors (Lipinski definition) is 5. The lowest BCUT2D eigenvalue weighted by molar-refractivity contribution is -0.119. The summed E-state index contributed by atoms with van der Waals surface area (Å²) in [6, 6.07) is 0. The van der Waals surface area contributed by atoms with Gasteiger partial charge in [0, 0.05) is 12.0 Å². The van der Waals surface area contributed by atoms with Gasteiger partial charge in [0.05, 0.1) is 11.9 Å². The Bertz CT molecular complexity index is 470. The fourth-order valence-electron chi connectivity index (χ4n) is 1.36. The van der Waals surface area contributed by atoms with Crippen LogP contribution in [0.3, 0.4) is 0 Å². The maximum atomic E-state index is 11.2. The van der Waals surface area contributed by atoms with Crippen LogP contribution in [0, 0.1) is 13.8 Å². The van der Waals surface area contributed by atoms with Gasteiger partial charge in [0.1, 0.15) is 5.76 Å². The van der Waals surface area contributed by atoms with Crippen molar-refractivity contribution in [3.8, 4) is 0 Å². The molecule has 16 heavy (non-hydrogen) atoms. The van der Waals surface area contributed by atoms with Crippen molar-refractivity contribution in [3.05, 3.63) is 17.0 Å². The van der Waals surface area contributed by atoms with E-state index in [1.165, 1.54) is 0 Å². The standard InChI is InChI=1S/C9H14N2O4S/c1-6-8(7(2)15-10-6)4-5-9(12)11-16(3,13)14/h4-5H2,1-3H3,(H,11,12). The second-order valence-corrected chi connectivity index (χ2v) is 5.35. The quantitative estimate of drug-likeness (QED) is 0.825. The van der Waals surface area contributed by atoms with E-state index in [0.29, 0.717) is 12.2 Å². The number of rotatable bonds is 4. The van der Waals surface area contributed by atoms with E-state index in [9.17, 15) is 13.2 Å². The molecule has 90 valence electrons. The lowest BCUT2D eigenvalue weighted by atomic mass is 10.1. The number of sulfonamides is 1. The smallest absolute Gasteiger partial charge is 0.233 e. The van der Waals surface area contributed by atoms with Gasteiger partial charge < -0.3 is 4.52 Å². The molecule has 1 aromatic rings. The molecule has 6 nitrogen and oxygen atoms in total. The molecule has 0 saturated carbocycles. The molecule has 0 unspecified atom stereocenters. The van der Waals surface area contributed by atoms with Crippen molar-refractivity contribution in [2.45, 2.75) is 26.7 Å². The van der Waals surface area contributed by atoms with E-state index in [0.717, 1.165) is 17.5 Å². The number of carbonyl (C=O) groups excluding carboxylic acids is 1. The molecule has 0 aliphatic rings. The van der Waals surface area contributed by atoms with E-state index in [1.807, 2.05) is 4.72 Å². The lowest BCUT2D eigenvalue weighted by Crippen LogP contribution is -2.29. The average molecular weight is 246 g/mol. The van der Waals surface area contributed by atoms with Gasteiger partial charge in [-0.25, -0.2) is 8.42 Å². The zero-order valence-corrected chi connectivity index (χ0v) is 10.2. The molecule has 1 rings (SSSR count). The molecular formula is C9H14N2O4S. The minimum Gasteiger partial charge on any atom is -0.361 e. The molecule has 0 spiro atoms. The highest BCUT2D eigenvalue weighted by Crippen LogP contribution is 2.14. The van der Waals surface area contributed by atoms with Gasteiger partial charge in [0.15, 0.2) is 0 Å². The highest BCUT2D eigenvalue weighted by atomic mass is 32.2. The Kier molecular flexibility index (Phi) is 3.69. The SMILES string of the molecule is Cc1noc(C)c1CCC(=O)NS(C)(=O)=O. The summed E-state index contributed by atoms with van der Waals surface area (Å²) in [5, 5.41) is 3.74. The first-order chi connectivity index (χ1) is 7.29. The zero-order valence-electron chi connectivity index (χ0n) is 9.40. The molecule has 7 heteroatoms. The van der Waals surface area contributed by atoms with Crippen LogP contribution in [0.25, 0.3) is 0 Å². The van der Waals surface area contributed by atoms with Crippen molar-refractivity contribution in [2.24, 2.45) is 0 Å². The summed E-state index contributed by atoms with van der Waals surface area (Å²) in [5.74, 6) is 0.132. The highest BCUT2D eigenvalue weighted by molar-refractivity contribution is 7.89. The second kappa shape index (κ2) is 4.65. The van der Waals surface area contributed by atoms with E-state index < -0.39 is 15.9 Å². The van der Waals surface area contributed by atoms with Gasteiger partial charge in [-0.05, 0) is 20.3 Å². The van der Waals surface area contributed by atoms with Crippen LogP contribution in [0.15, 0.2) is 4.52 Å². The van der Waals surface area contributed by atoms with Crippen molar-refractivity contribution < 1.29 is 17.7 Å². The van der Waals surface area contributed by atoms with E-state index in [1.54, 1.807) is 13.8 Å². The van der Waals surface area contributed by atoms with Gasteiger partial charge in [-0.15, -0.1) is 0 Å². The van der Waals surface area contributed by atoms with E-state index >= 15 is 0 Å². The summed E-state index contributed by atoms with van der Waals surface area (Å²) in [7, 11) is -3.47. The summed E-state index contributed by atoms with van der Waals surface area (Å²) in [5.41, 5.74) is 1.58. The van der Waals surface area contributed by atoms with Crippen molar-refractivity contribution in [1.29, 1.82) is 0 Å². The Hall–Kier alpha value is -1.37. The lowest BCUT2D eigenvalue weighted by Gasteiger charge is -2.02. The van der Waals surface area contributed by atoms with Gasteiger partial charge in [-0.1, -0.05) is 5.16 Å². The maximum absolute atomic E-state index is 11.2. The first kappa shape index (κ1) is 12.7. The van der Waals surface area contributed by atoms with Gasteiger partial charge >= 0.3 is 0 Å². The molecule has 1 heterocycles. The van der Waals surface area contributed by atoms with Crippen molar-refractivity contribution >= 4 is 15.9 Å². The van der Waals surface area contributed by atoms with Crippen LogP contribution < -0.4 is 4.72 Å². The average Bonchev–Trinajstić information content (AvgIpc) is 2.41. The number of amides is 1. The Morgan fingerprint density at radius 2 is 2.06 bits per heavy atom. The molecule has 0 atom stereocenters. The third-order valence-corrected chi connectivity index (χ3v) is 2.68. The molecule has 0 aromatic carbocycles. The van der Waals surface area contributed by atoms with Crippen LogP contribution in [0.1, 0.15) is 23.4 Å². The van der Waals surface area contributed by atoms with Crippen LogP contribution in [-0.4, -0.2) is 25.7 Å². The minimum atomic E-state index is -3.47. The third-order valence-electron chi connectivity index (χ3n) is 2.08. The molecule has 0 radical (unpaired) electrons. The maximum Gasteiger partial charge on any atom is 0.233 e. The highest BCUT2D eigenvalue weighted by Gasteiger charge is 2.13. The largest absolute Gasteiger partial charge is 0.361 e. The van der Waals surface area contributed by atoms with Crippen LogP contribution in [0.5, 0.6) is 0 Å². The zero-order chi connectivity index (χ0) is 12.3. The predicted molar refractivity (Wildman–Crippen MR) is 57.3 cm³/mol. The molecule has 1 amide bonds. The number of hydrogen-bond donors (Lipinski definition) is 1. The fourth-order valence-corrected chi connectivity index (χ4v) is 1.87. The molecular weight excluding hydrogens is 232 g/mol. The molecule has 0 saturated heterocycles. The molecule has 0 fully saturated rings. The van der Waals surface area contributed by atoms with E-state index in [-0.39, 0.29) is 6.42 Å². The van der Waals surface area contributed by atoms with Crippen LogP contribution in [0.2, 0.25) is 0 Å². The first-order valence-electron chi connectivity index (χ1n) is 4.72. The molecule has 1 N–H and O–H groups in total. The number of aromatic nitrogens is 1. The van der Waals surface area contributed by atoms with Gasteiger partial charge in [0.2, 0.25) is 15.9 Å². The number of nitrogens with zero attached hydrogens (tertiary/aromatic N) is 1. The Balaban J connectivity index is 2.56. The normalized spacial score (nSPS) is 11.4. The third kappa shape index (κ3) is 3.65. The molecule has 1 aromatic heterocycles. The van der Waals surface area contributed by atoms with Gasteiger partial charge in [0.25, 0.3) is 0 Å². The number of aryl methyl sites for hydroxylation is 2. The molecule has 0 aliphatic heterocycles. The molecule has 0 aliphatic carbocycles. The van der Waals surface area contributed by atoms with Gasteiger partial charge in [-0.3, -0.25) is 9.52 Å². The van der Waals surface area contributed by atoms with Crippen LogP contribution >= 0.6 is 0 Å². The topological polar surface area (TPSA) is 89.3 Å². The summed E-state index contributed by atoms with van der Waals surface area (Å²) >= 11 is 0. The number of carbonyl (C=O) groups is 1. The summed E-state index contributed by atoms with van der Waals surface area (Å²) in [6.07, 6.45) is 1.46. The second-order valence-electron chi connectivity index (χ2n) is 3.60. The Labute approximate surface area is 94.1 Å². The van der Waals surface area contributed by atoms with Crippen molar-refractivity contribution in [1.82, 2.24) is 9.88 Å². The van der Waals surface area contributed by atoms with Crippen LogP contribution in [0.4, 0.5) is 0 Å². The minimum absolute atomic E-state index is 0.0932. The summed E-state index contributed by atoms with van der Waals surface area (Å²) in [6.45, 7) is 3.53. The predicted octanol–water partition coefficient (Wildman–Crippen LogP) is 0.300. The molecule has 0 bridgehead atoms. The van der Waals surface area contributed by atoms with Crippen LogP contribution in [-0.2, 0) is 21.2 Å². The fraction of sp³-hybridized carbons (Fsp3) is 0.556. The Morgan fingerprint density at radius 1 is 1.44 bits per heavy atom. The van der Waals surface area contributed by atoms with Crippen molar-refractivity contribution in [2.75, 3.05) is 6.26 Å². The van der Waals surface area contributed by atoms with Gasteiger partial charge in [-0.2, -0.15) is 0 Å². The van der Waals surface area contributed by atoms with E-state index in [4.69, 9.17) is 4.52 Å². The summed E-state index contributed by atoms with van der Waals surface area (Å²) < 4.78 is 28.4. The Morgan fingerprint density at radius 3 is 2.50 bits per heavy atom. The monoisotopic (exact) mass is 246 g/mol.